The molecule has 0 bridgehead atoms. The fourth-order valence-electron chi connectivity index (χ4n) is 4.85. The quantitative estimate of drug-likeness (QED) is 0.214. The minimum atomic E-state index is -0.775. The van der Waals surface area contributed by atoms with Crippen LogP contribution in [0.15, 0.2) is 79.1 Å². The minimum Gasteiger partial charge on any atom is -0.508 e. The van der Waals surface area contributed by atoms with Crippen molar-refractivity contribution >= 4 is 22.7 Å². The Kier molecular flexibility index (Phi) is 7.29. The molecule has 5 aromatic rings. The van der Waals surface area contributed by atoms with Crippen molar-refractivity contribution in [1.82, 2.24) is 15.3 Å². The number of nitrogens with two attached hydrogens (primary N) is 1. The Hall–Kier alpha value is -5.05. The van der Waals surface area contributed by atoms with Gasteiger partial charge in [-0.1, -0.05) is 18.2 Å². The summed E-state index contributed by atoms with van der Waals surface area (Å²) < 4.78 is 28.1. The molecular formula is C31H26F2N4O3. The normalized spacial score (nSPS) is 11.9. The van der Waals surface area contributed by atoms with Gasteiger partial charge in [-0.2, -0.15) is 0 Å². The van der Waals surface area contributed by atoms with Crippen molar-refractivity contribution in [2.45, 2.75) is 25.8 Å². The van der Waals surface area contributed by atoms with Gasteiger partial charge < -0.3 is 21.1 Å². The van der Waals surface area contributed by atoms with Crippen molar-refractivity contribution in [3.8, 4) is 16.9 Å². The third-order valence-corrected chi connectivity index (χ3v) is 6.76. The average molecular weight is 541 g/mol. The second-order valence-electron chi connectivity index (χ2n) is 9.66. The number of carbonyl (C=O) groups excluding carboxylic acids is 2. The number of fused-ring (bicyclic) bond motifs is 1. The van der Waals surface area contributed by atoms with Crippen LogP contribution in [0.1, 0.15) is 38.8 Å². The molecule has 5 N–H and O–H groups in total. The number of nitrogens with zero attached hydrogens (tertiary/aromatic N) is 1. The van der Waals surface area contributed by atoms with Crippen molar-refractivity contribution in [2.24, 2.45) is 5.73 Å². The fraction of sp³-hybridized carbons (Fsp3) is 0.129. The molecule has 0 radical (unpaired) electrons. The summed E-state index contributed by atoms with van der Waals surface area (Å²) in [5, 5.41) is 13.9. The van der Waals surface area contributed by atoms with E-state index in [9.17, 15) is 23.5 Å². The molecule has 2 aromatic heterocycles. The molecule has 7 nitrogen and oxygen atoms in total. The van der Waals surface area contributed by atoms with Crippen LogP contribution in [0.4, 0.5) is 8.78 Å². The van der Waals surface area contributed by atoms with E-state index in [4.69, 9.17) is 5.73 Å². The standard InChI is InChI=1S/C31H26F2N4O3/c1-17-8-26-25(15-28(17)38)21(16-36-26)13-29(39)37-27(11-18-9-22(32)14-23(33)10-18)30-24(6-3-7-35-30)19-4-2-5-20(12-19)31(34)40/h2-10,12,14-16,27,36,38H,11,13H2,1H3,(H2,34,40)(H,37,39). The lowest BCUT2D eigenvalue weighted by molar-refractivity contribution is -0.121. The molecule has 2 heterocycles. The van der Waals surface area contributed by atoms with Gasteiger partial charge in [0.1, 0.15) is 17.4 Å². The van der Waals surface area contributed by atoms with Crippen LogP contribution in [0.5, 0.6) is 5.75 Å². The zero-order chi connectivity index (χ0) is 28.4. The Morgan fingerprint density at radius 1 is 1.05 bits per heavy atom. The maximum absolute atomic E-state index is 14.1. The first kappa shape index (κ1) is 26.6. The third-order valence-electron chi connectivity index (χ3n) is 6.76. The fourth-order valence-corrected chi connectivity index (χ4v) is 4.85. The molecular weight excluding hydrogens is 514 g/mol. The van der Waals surface area contributed by atoms with Crippen LogP contribution in [-0.4, -0.2) is 26.9 Å². The van der Waals surface area contributed by atoms with E-state index in [1.165, 1.54) is 12.1 Å². The Morgan fingerprint density at radius 3 is 2.58 bits per heavy atom. The number of H-pyrrole nitrogens is 1. The number of hydrogen-bond acceptors (Lipinski definition) is 4. The first-order valence-corrected chi connectivity index (χ1v) is 12.6. The highest BCUT2D eigenvalue weighted by Gasteiger charge is 2.22. The molecule has 40 heavy (non-hydrogen) atoms. The zero-order valence-electron chi connectivity index (χ0n) is 21.5. The minimum absolute atomic E-state index is 0.0180. The van der Waals surface area contributed by atoms with Gasteiger partial charge >= 0.3 is 0 Å². The number of phenolic OH excluding ortho intramolecular Hbond substituents is 1. The number of aromatic nitrogens is 2. The summed E-state index contributed by atoms with van der Waals surface area (Å²) in [5.41, 5.74) is 10.00. The summed E-state index contributed by atoms with van der Waals surface area (Å²) >= 11 is 0. The number of amides is 2. The Morgan fingerprint density at radius 2 is 1.82 bits per heavy atom. The van der Waals surface area contributed by atoms with E-state index >= 15 is 0 Å². The number of aryl methyl sites for hydroxylation is 1. The van der Waals surface area contributed by atoms with E-state index in [0.717, 1.165) is 11.6 Å². The van der Waals surface area contributed by atoms with Gasteiger partial charge in [-0.25, -0.2) is 8.78 Å². The number of aromatic amines is 1. The second-order valence-corrected chi connectivity index (χ2v) is 9.66. The number of nitrogens with one attached hydrogen (secondary N) is 2. The molecule has 0 aliphatic rings. The lowest BCUT2D eigenvalue weighted by Gasteiger charge is -2.22. The predicted octanol–water partition coefficient (Wildman–Crippen LogP) is 5.26. The number of carbonyl (C=O) groups is 2. The first-order chi connectivity index (χ1) is 19.2. The van der Waals surface area contributed by atoms with Crippen LogP contribution >= 0.6 is 0 Å². The largest absolute Gasteiger partial charge is 0.508 e. The average Bonchev–Trinajstić information content (AvgIpc) is 3.28. The predicted molar refractivity (Wildman–Crippen MR) is 148 cm³/mol. The van der Waals surface area contributed by atoms with Crippen LogP contribution in [0.2, 0.25) is 0 Å². The molecule has 202 valence electrons. The second kappa shape index (κ2) is 11.0. The van der Waals surface area contributed by atoms with Crippen LogP contribution in [0.3, 0.4) is 0 Å². The summed E-state index contributed by atoms with van der Waals surface area (Å²) in [6, 6.07) is 16.1. The van der Waals surface area contributed by atoms with Crippen LogP contribution in [-0.2, 0) is 17.6 Å². The molecule has 0 aliphatic heterocycles. The highest BCUT2D eigenvalue weighted by molar-refractivity contribution is 5.94. The summed E-state index contributed by atoms with van der Waals surface area (Å²) in [7, 11) is 0. The van der Waals surface area contributed by atoms with Gasteiger partial charge in [0.05, 0.1) is 18.2 Å². The number of halogens is 2. The molecule has 0 saturated carbocycles. The van der Waals surface area contributed by atoms with Gasteiger partial charge in [-0.05, 0) is 78.1 Å². The number of rotatable bonds is 8. The van der Waals surface area contributed by atoms with Gasteiger partial charge in [-0.3, -0.25) is 14.6 Å². The summed E-state index contributed by atoms with van der Waals surface area (Å²) in [4.78, 5) is 32.8. The zero-order valence-corrected chi connectivity index (χ0v) is 21.5. The highest BCUT2D eigenvalue weighted by atomic mass is 19.1. The molecule has 2 amide bonds. The van der Waals surface area contributed by atoms with Crippen LogP contribution in [0.25, 0.3) is 22.0 Å². The Labute approximate surface area is 228 Å². The van der Waals surface area contributed by atoms with Gasteiger partial charge in [0.15, 0.2) is 0 Å². The lowest BCUT2D eigenvalue weighted by Crippen LogP contribution is -2.32. The van der Waals surface area contributed by atoms with Crippen molar-refractivity contribution in [1.29, 1.82) is 0 Å². The summed E-state index contributed by atoms with van der Waals surface area (Å²) in [6.45, 7) is 1.78. The molecule has 5 rings (SSSR count). The smallest absolute Gasteiger partial charge is 0.248 e. The van der Waals surface area contributed by atoms with Crippen molar-refractivity contribution in [3.05, 3.63) is 119 Å². The Bertz CT molecular complexity index is 1730. The number of primary amides is 1. The van der Waals surface area contributed by atoms with Gasteiger partial charge in [0.25, 0.3) is 0 Å². The van der Waals surface area contributed by atoms with Gasteiger partial charge in [-0.15, -0.1) is 0 Å². The van der Waals surface area contributed by atoms with Gasteiger partial charge in [0, 0.05) is 40.5 Å². The molecule has 0 fully saturated rings. The number of hydrogen-bond donors (Lipinski definition) is 4. The number of aromatic hydroxyl groups is 1. The lowest BCUT2D eigenvalue weighted by atomic mass is 9.94. The molecule has 0 spiro atoms. The van der Waals surface area contributed by atoms with E-state index in [2.05, 4.69) is 15.3 Å². The molecule has 9 heteroatoms. The molecule has 0 aliphatic carbocycles. The summed E-state index contributed by atoms with van der Waals surface area (Å²) in [6.07, 6.45) is 3.30. The molecule has 1 atom stereocenters. The van der Waals surface area contributed by atoms with Crippen LogP contribution < -0.4 is 11.1 Å². The van der Waals surface area contributed by atoms with Gasteiger partial charge in [0.2, 0.25) is 11.8 Å². The van der Waals surface area contributed by atoms with Crippen molar-refractivity contribution in [3.63, 3.8) is 0 Å². The number of phenols is 1. The SMILES string of the molecule is Cc1cc2[nH]cc(CC(=O)NC(Cc3cc(F)cc(F)c3)c3ncccc3-c3cccc(C(N)=O)c3)c2cc1O. The van der Waals surface area contributed by atoms with Crippen LogP contribution in [0, 0.1) is 18.6 Å². The third kappa shape index (κ3) is 5.68. The van der Waals surface area contributed by atoms with E-state index in [1.54, 1.807) is 67.8 Å². The van der Waals surface area contributed by atoms with E-state index in [1.807, 2.05) is 0 Å². The highest BCUT2D eigenvalue weighted by Crippen LogP contribution is 2.31. The molecule has 1 unspecified atom stereocenters. The topological polar surface area (TPSA) is 121 Å². The first-order valence-electron chi connectivity index (χ1n) is 12.6. The van der Waals surface area contributed by atoms with E-state index in [-0.39, 0.29) is 24.5 Å². The Balaban J connectivity index is 1.51. The van der Waals surface area contributed by atoms with Crippen molar-refractivity contribution < 1.29 is 23.5 Å². The monoisotopic (exact) mass is 540 g/mol. The molecule has 3 aromatic carbocycles. The van der Waals surface area contributed by atoms with E-state index in [0.29, 0.717) is 44.5 Å². The maximum atomic E-state index is 14.1. The van der Waals surface area contributed by atoms with Crippen molar-refractivity contribution in [2.75, 3.05) is 0 Å². The molecule has 0 saturated heterocycles. The van der Waals surface area contributed by atoms with E-state index < -0.39 is 23.6 Å². The summed E-state index contributed by atoms with van der Waals surface area (Å²) in [5.74, 6) is -2.29. The number of pyridine rings is 1. The number of benzene rings is 3. The maximum Gasteiger partial charge on any atom is 0.248 e.